The van der Waals surface area contributed by atoms with Gasteiger partial charge in [-0.15, -0.1) is 0 Å². The van der Waals surface area contributed by atoms with E-state index in [4.69, 9.17) is 0 Å². The number of hydrogen-bond donors (Lipinski definition) is 3. The second-order valence-electron chi connectivity index (χ2n) is 6.66. The van der Waals surface area contributed by atoms with E-state index in [1.807, 2.05) is 7.05 Å². The first-order valence-corrected chi connectivity index (χ1v) is 8.64. The van der Waals surface area contributed by atoms with Gasteiger partial charge in [-0.2, -0.15) is 0 Å². The standard InChI is InChI=1S/C16H30N4O2/c1-17-10-13-6-5-9-20(11-13)12-15(21)19-16(22)18-14-7-3-2-4-8-14/h13-14,17H,2-12H2,1H3,(H2,18,19,21,22). The van der Waals surface area contributed by atoms with Crippen LogP contribution in [0.1, 0.15) is 44.9 Å². The molecule has 0 aromatic carbocycles. The summed E-state index contributed by atoms with van der Waals surface area (Å²) in [4.78, 5) is 26.0. The molecule has 1 aliphatic carbocycles. The highest BCUT2D eigenvalue weighted by atomic mass is 16.2. The molecule has 3 N–H and O–H groups in total. The van der Waals surface area contributed by atoms with Crippen molar-refractivity contribution in [3.63, 3.8) is 0 Å². The molecule has 6 heteroatoms. The number of carbonyl (C=O) groups is 2. The van der Waals surface area contributed by atoms with E-state index in [0.29, 0.717) is 12.5 Å². The van der Waals surface area contributed by atoms with Gasteiger partial charge in [0.05, 0.1) is 6.54 Å². The molecule has 22 heavy (non-hydrogen) atoms. The van der Waals surface area contributed by atoms with Crippen molar-refractivity contribution in [1.29, 1.82) is 0 Å². The van der Waals surface area contributed by atoms with E-state index < -0.39 is 0 Å². The minimum Gasteiger partial charge on any atom is -0.335 e. The third kappa shape index (κ3) is 5.93. The van der Waals surface area contributed by atoms with Crippen LogP contribution in [0.5, 0.6) is 0 Å². The Morgan fingerprint density at radius 2 is 1.86 bits per heavy atom. The molecular weight excluding hydrogens is 280 g/mol. The molecule has 1 unspecified atom stereocenters. The number of piperidine rings is 1. The number of carbonyl (C=O) groups excluding carboxylic acids is 2. The first kappa shape index (κ1) is 17.2. The van der Waals surface area contributed by atoms with Crippen LogP contribution in [0.2, 0.25) is 0 Å². The number of likely N-dealkylation sites (tertiary alicyclic amines) is 1. The predicted molar refractivity (Wildman–Crippen MR) is 86.6 cm³/mol. The summed E-state index contributed by atoms with van der Waals surface area (Å²) >= 11 is 0. The summed E-state index contributed by atoms with van der Waals surface area (Å²) in [5.74, 6) is 0.404. The smallest absolute Gasteiger partial charge is 0.321 e. The maximum absolute atomic E-state index is 12.0. The maximum Gasteiger partial charge on any atom is 0.321 e. The van der Waals surface area contributed by atoms with Crippen molar-refractivity contribution in [2.75, 3.05) is 33.2 Å². The van der Waals surface area contributed by atoms with Crippen molar-refractivity contribution >= 4 is 11.9 Å². The lowest BCUT2D eigenvalue weighted by Gasteiger charge is -2.32. The van der Waals surface area contributed by atoms with Crippen LogP contribution in [0, 0.1) is 5.92 Å². The fourth-order valence-electron chi connectivity index (χ4n) is 3.59. The number of imide groups is 1. The fourth-order valence-corrected chi connectivity index (χ4v) is 3.59. The monoisotopic (exact) mass is 310 g/mol. The molecule has 2 aliphatic rings. The van der Waals surface area contributed by atoms with E-state index in [0.717, 1.165) is 38.9 Å². The van der Waals surface area contributed by atoms with Crippen LogP contribution in [0.25, 0.3) is 0 Å². The predicted octanol–water partition coefficient (Wildman–Crippen LogP) is 1.08. The van der Waals surface area contributed by atoms with Crippen molar-refractivity contribution < 1.29 is 9.59 Å². The van der Waals surface area contributed by atoms with Gasteiger partial charge in [0.25, 0.3) is 0 Å². The molecule has 2 fully saturated rings. The van der Waals surface area contributed by atoms with Crippen LogP contribution in [-0.4, -0.2) is 56.1 Å². The van der Waals surface area contributed by atoms with E-state index in [1.165, 1.54) is 25.7 Å². The molecule has 0 spiro atoms. The molecule has 126 valence electrons. The second kappa shape index (κ2) is 9.10. The van der Waals surface area contributed by atoms with Crippen LogP contribution >= 0.6 is 0 Å². The first-order chi connectivity index (χ1) is 10.7. The summed E-state index contributed by atoms with van der Waals surface area (Å²) in [7, 11) is 1.96. The van der Waals surface area contributed by atoms with Crippen LogP contribution < -0.4 is 16.0 Å². The van der Waals surface area contributed by atoms with Gasteiger partial charge in [-0.05, 0) is 51.7 Å². The topological polar surface area (TPSA) is 73.5 Å². The number of hydrogen-bond acceptors (Lipinski definition) is 4. The van der Waals surface area contributed by atoms with Crippen LogP contribution in [0.4, 0.5) is 4.79 Å². The third-order valence-corrected chi connectivity index (χ3v) is 4.66. The molecular formula is C16H30N4O2. The Hall–Kier alpha value is -1.14. The maximum atomic E-state index is 12.0. The molecule has 2 rings (SSSR count). The summed E-state index contributed by atoms with van der Waals surface area (Å²) < 4.78 is 0. The van der Waals surface area contributed by atoms with E-state index in [9.17, 15) is 9.59 Å². The van der Waals surface area contributed by atoms with E-state index in [1.54, 1.807) is 0 Å². The summed E-state index contributed by atoms with van der Waals surface area (Å²) in [6.45, 7) is 3.18. The van der Waals surface area contributed by atoms with Gasteiger partial charge >= 0.3 is 6.03 Å². The average molecular weight is 310 g/mol. The normalized spacial score (nSPS) is 24.0. The molecule has 1 heterocycles. The largest absolute Gasteiger partial charge is 0.335 e. The molecule has 1 aliphatic heterocycles. The van der Waals surface area contributed by atoms with E-state index in [2.05, 4.69) is 20.9 Å². The number of nitrogens with zero attached hydrogens (tertiary/aromatic N) is 1. The lowest BCUT2D eigenvalue weighted by Crippen LogP contribution is -2.49. The summed E-state index contributed by atoms with van der Waals surface area (Å²) in [5.41, 5.74) is 0. The Kier molecular flexibility index (Phi) is 7.12. The van der Waals surface area contributed by atoms with Gasteiger partial charge in [0, 0.05) is 12.6 Å². The highest BCUT2D eigenvalue weighted by Gasteiger charge is 2.22. The van der Waals surface area contributed by atoms with Crippen molar-refractivity contribution in [2.24, 2.45) is 5.92 Å². The van der Waals surface area contributed by atoms with Crippen LogP contribution in [0.3, 0.4) is 0 Å². The Bertz CT molecular complexity index is 367. The van der Waals surface area contributed by atoms with Gasteiger partial charge in [0.2, 0.25) is 5.91 Å². The molecule has 0 aromatic heterocycles. The Morgan fingerprint density at radius 3 is 2.59 bits per heavy atom. The quantitative estimate of drug-likeness (QED) is 0.710. The highest BCUT2D eigenvalue weighted by Crippen LogP contribution is 2.17. The lowest BCUT2D eigenvalue weighted by atomic mass is 9.96. The minimum absolute atomic E-state index is 0.196. The first-order valence-electron chi connectivity index (χ1n) is 8.64. The van der Waals surface area contributed by atoms with Gasteiger partial charge in [-0.1, -0.05) is 19.3 Å². The van der Waals surface area contributed by atoms with Crippen LogP contribution in [-0.2, 0) is 4.79 Å². The number of amides is 3. The lowest BCUT2D eigenvalue weighted by molar-refractivity contribution is -0.121. The molecule has 0 radical (unpaired) electrons. The number of urea groups is 1. The molecule has 1 saturated heterocycles. The van der Waals surface area contributed by atoms with Gasteiger partial charge in [0.1, 0.15) is 0 Å². The van der Waals surface area contributed by atoms with E-state index >= 15 is 0 Å². The zero-order chi connectivity index (χ0) is 15.8. The zero-order valence-corrected chi connectivity index (χ0v) is 13.7. The molecule has 1 atom stereocenters. The molecule has 3 amide bonds. The zero-order valence-electron chi connectivity index (χ0n) is 13.7. The minimum atomic E-state index is -0.333. The number of rotatable bonds is 5. The van der Waals surface area contributed by atoms with Crippen molar-refractivity contribution in [2.45, 2.75) is 51.0 Å². The Labute approximate surface area is 133 Å². The Morgan fingerprint density at radius 1 is 1.09 bits per heavy atom. The Balaban J connectivity index is 1.66. The van der Waals surface area contributed by atoms with Gasteiger partial charge < -0.3 is 10.6 Å². The van der Waals surface area contributed by atoms with Gasteiger partial charge in [-0.25, -0.2) is 4.79 Å². The third-order valence-electron chi connectivity index (χ3n) is 4.66. The molecule has 0 aromatic rings. The van der Waals surface area contributed by atoms with Crippen molar-refractivity contribution in [3.05, 3.63) is 0 Å². The van der Waals surface area contributed by atoms with E-state index in [-0.39, 0.29) is 18.0 Å². The molecule has 0 bridgehead atoms. The van der Waals surface area contributed by atoms with Crippen molar-refractivity contribution in [1.82, 2.24) is 20.9 Å². The highest BCUT2D eigenvalue weighted by molar-refractivity contribution is 5.95. The average Bonchev–Trinajstić information content (AvgIpc) is 2.48. The van der Waals surface area contributed by atoms with Gasteiger partial charge in [0.15, 0.2) is 0 Å². The molecule has 1 saturated carbocycles. The van der Waals surface area contributed by atoms with Crippen molar-refractivity contribution in [3.8, 4) is 0 Å². The fraction of sp³-hybridized carbons (Fsp3) is 0.875. The number of nitrogens with one attached hydrogen (secondary N) is 3. The summed E-state index contributed by atoms with van der Waals surface area (Å²) in [6.07, 6.45) is 7.97. The van der Waals surface area contributed by atoms with Gasteiger partial charge in [-0.3, -0.25) is 15.0 Å². The second-order valence-corrected chi connectivity index (χ2v) is 6.66. The summed E-state index contributed by atoms with van der Waals surface area (Å²) in [6, 6.07) is -0.0998. The van der Waals surface area contributed by atoms with Crippen LogP contribution in [0.15, 0.2) is 0 Å². The molecule has 6 nitrogen and oxygen atoms in total. The SMILES string of the molecule is CNCC1CCCN(CC(=O)NC(=O)NC2CCCCC2)C1. The summed E-state index contributed by atoms with van der Waals surface area (Å²) in [5, 5.41) is 8.59.